The van der Waals surface area contributed by atoms with Crippen molar-refractivity contribution in [1.29, 1.82) is 0 Å². The van der Waals surface area contributed by atoms with E-state index in [9.17, 15) is 9.18 Å². The molecule has 1 unspecified atom stereocenters. The van der Waals surface area contributed by atoms with Crippen LogP contribution in [0.1, 0.15) is 61.7 Å². The molecule has 5 nitrogen and oxygen atoms in total. The largest absolute Gasteiger partial charge is 0.445 e. The van der Waals surface area contributed by atoms with Crippen LogP contribution in [0.15, 0.2) is 34.9 Å². The summed E-state index contributed by atoms with van der Waals surface area (Å²) in [6, 6.07) is 6.45. The molecule has 1 atom stereocenters. The Balaban J connectivity index is 1.33. The van der Waals surface area contributed by atoms with Gasteiger partial charge >= 0.3 is 0 Å². The summed E-state index contributed by atoms with van der Waals surface area (Å²) >= 11 is 0. The molecule has 2 fully saturated rings. The number of halogens is 1. The van der Waals surface area contributed by atoms with Crippen LogP contribution in [0, 0.1) is 5.82 Å². The Bertz CT molecular complexity index is 797. The summed E-state index contributed by atoms with van der Waals surface area (Å²) in [6.45, 7) is 4.12. The first-order valence-corrected chi connectivity index (χ1v) is 10.9. The Labute approximate surface area is 171 Å². The molecule has 0 N–H and O–H groups in total. The van der Waals surface area contributed by atoms with E-state index in [1.54, 1.807) is 18.3 Å². The van der Waals surface area contributed by atoms with Gasteiger partial charge in [0.15, 0.2) is 5.89 Å². The fourth-order valence-electron chi connectivity index (χ4n) is 4.39. The second kappa shape index (κ2) is 9.53. The molecular weight excluding hydrogens is 369 g/mol. The third-order valence-electron chi connectivity index (χ3n) is 6.04. The van der Waals surface area contributed by atoms with Crippen LogP contribution in [0.2, 0.25) is 0 Å². The Kier molecular flexibility index (Phi) is 6.60. The monoisotopic (exact) mass is 399 g/mol. The zero-order chi connectivity index (χ0) is 20.1. The molecule has 29 heavy (non-hydrogen) atoms. The van der Waals surface area contributed by atoms with Gasteiger partial charge < -0.3 is 9.32 Å². The van der Waals surface area contributed by atoms with E-state index in [0.29, 0.717) is 19.5 Å². The number of nitrogens with zero attached hydrogens (tertiary/aromatic N) is 3. The number of aromatic nitrogens is 1. The number of amides is 1. The maximum Gasteiger partial charge on any atom is 0.236 e. The maximum absolute atomic E-state index is 13.1. The van der Waals surface area contributed by atoms with E-state index < -0.39 is 0 Å². The van der Waals surface area contributed by atoms with Crippen molar-refractivity contribution in [1.82, 2.24) is 14.8 Å². The molecule has 3 heterocycles. The van der Waals surface area contributed by atoms with E-state index in [-0.39, 0.29) is 17.6 Å². The van der Waals surface area contributed by atoms with E-state index in [1.165, 1.54) is 37.8 Å². The molecule has 2 aromatic rings. The fraction of sp³-hybridized carbons (Fsp3) is 0.565. The molecule has 0 saturated carbocycles. The molecular formula is C23H30FN3O2. The highest BCUT2D eigenvalue weighted by Gasteiger charge is 2.28. The van der Waals surface area contributed by atoms with Crippen LogP contribution in [0.3, 0.4) is 0 Å². The molecule has 0 radical (unpaired) electrons. The minimum Gasteiger partial charge on any atom is -0.445 e. The molecule has 6 heteroatoms. The van der Waals surface area contributed by atoms with Gasteiger partial charge in [-0.1, -0.05) is 25.0 Å². The van der Waals surface area contributed by atoms with E-state index >= 15 is 0 Å². The molecule has 0 aliphatic carbocycles. The first kappa shape index (κ1) is 20.1. The van der Waals surface area contributed by atoms with Crippen molar-refractivity contribution in [3.8, 4) is 0 Å². The third-order valence-corrected chi connectivity index (χ3v) is 6.04. The van der Waals surface area contributed by atoms with Crippen LogP contribution in [-0.2, 0) is 11.2 Å². The summed E-state index contributed by atoms with van der Waals surface area (Å²) in [7, 11) is 0. The predicted octanol–water partition coefficient (Wildman–Crippen LogP) is 3.99. The fourth-order valence-corrected chi connectivity index (χ4v) is 4.39. The van der Waals surface area contributed by atoms with E-state index in [4.69, 9.17) is 4.42 Å². The second-order valence-electron chi connectivity index (χ2n) is 8.34. The zero-order valence-electron chi connectivity index (χ0n) is 17.0. The van der Waals surface area contributed by atoms with E-state index in [0.717, 1.165) is 49.7 Å². The van der Waals surface area contributed by atoms with E-state index in [1.807, 2.05) is 4.90 Å². The summed E-state index contributed by atoms with van der Waals surface area (Å²) in [5.74, 6) is 1.64. The number of piperidine rings is 1. The summed E-state index contributed by atoms with van der Waals surface area (Å²) in [6.07, 6.45) is 9.28. The zero-order valence-corrected chi connectivity index (χ0v) is 17.0. The molecule has 2 aliphatic rings. The lowest BCUT2D eigenvalue weighted by Gasteiger charge is -2.33. The smallest absolute Gasteiger partial charge is 0.236 e. The van der Waals surface area contributed by atoms with Gasteiger partial charge in [-0.15, -0.1) is 0 Å². The number of carbonyl (C=O) groups is 1. The average Bonchev–Trinajstić information content (AvgIpc) is 3.05. The highest BCUT2D eigenvalue weighted by atomic mass is 19.1. The number of carbonyl (C=O) groups excluding carboxylic acids is 1. The molecule has 0 bridgehead atoms. The van der Waals surface area contributed by atoms with E-state index in [2.05, 4.69) is 9.88 Å². The molecule has 2 saturated heterocycles. The van der Waals surface area contributed by atoms with Gasteiger partial charge in [-0.2, -0.15) is 0 Å². The van der Waals surface area contributed by atoms with Gasteiger partial charge in [0.25, 0.3) is 0 Å². The van der Waals surface area contributed by atoms with Crippen molar-refractivity contribution in [3.05, 3.63) is 53.5 Å². The standard InChI is InChI=1S/C23H30FN3O2/c24-20-9-7-18(8-10-20)14-21-15-25-23(29-21)19-6-5-13-27(16-19)22(28)17-26-11-3-1-2-4-12-26/h7-10,15,19H,1-6,11-14,16-17H2. The lowest BCUT2D eigenvalue weighted by atomic mass is 9.98. The summed E-state index contributed by atoms with van der Waals surface area (Å²) in [5, 5.41) is 0. The SMILES string of the molecule is O=C(CN1CCCCCC1)N1CCCC(c2ncc(Cc3ccc(F)cc3)o2)C1. The van der Waals surface area contributed by atoms with Crippen molar-refractivity contribution in [2.24, 2.45) is 0 Å². The highest BCUT2D eigenvalue weighted by Crippen LogP contribution is 2.27. The Hall–Kier alpha value is -2.21. The minimum absolute atomic E-state index is 0.152. The average molecular weight is 400 g/mol. The molecule has 2 aliphatic heterocycles. The van der Waals surface area contributed by atoms with Crippen LogP contribution < -0.4 is 0 Å². The Morgan fingerprint density at radius 2 is 1.83 bits per heavy atom. The number of rotatable bonds is 5. The predicted molar refractivity (Wildman–Crippen MR) is 109 cm³/mol. The summed E-state index contributed by atoms with van der Waals surface area (Å²) < 4.78 is 19.1. The lowest BCUT2D eigenvalue weighted by molar-refractivity contribution is -0.133. The highest BCUT2D eigenvalue weighted by molar-refractivity contribution is 5.78. The van der Waals surface area contributed by atoms with Crippen LogP contribution in [0.5, 0.6) is 0 Å². The van der Waals surface area contributed by atoms with Gasteiger partial charge in [0.2, 0.25) is 5.91 Å². The van der Waals surface area contributed by atoms with Gasteiger partial charge in [-0.25, -0.2) is 9.37 Å². The number of likely N-dealkylation sites (tertiary alicyclic amines) is 2. The van der Waals surface area contributed by atoms with Gasteiger partial charge in [0.05, 0.1) is 18.7 Å². The van der Waals surface area contributed by atoms with Crippen LogP contribution in [-0.4, -0.2) is 53.4 Å². The first-order valence-electron chi connectivity index (χ1n) is 10.9. The van der Waals surface area contributed by atoms with Crippen molar-refractivity contribution < 1.29 is 13.6 Å². The van der Waals surface area contributed by atoms with Gasteiger partial charge in [-0.05, 0) is 56.5 Å². The van der Waals surface area contributed by atoms with Crippen molar-refractivity contribution in [2.75, 3.05) is 32.7 Å². The molecule has 4 rings (SSSR count). The Morgan fingerprint density at radius 1 is 1.07 bits per heavy atom. The summed E-state index contributed by atoms with van der Waals surface area (Å²) in [5.41, 5.74) is 0.993. The topological polar surface area (TPSA) is 49.6 Å². The van der Waals surface area contributed by atoms with Gasteiger partial charge in [0.1, 0.15) is 11.6 Å². The molecule has 0 spiro atoms. The van der Waals surface area contributed by atoms with Crippen LogP contribution >= 0.6 is 0 Å². The molecule has 1 amide bonds. The number of benzene rings is 1. The van der Waals surface area contributed by atoms with Crippen molar-refractivity contribution in [3.63, 3.8) is 0 Å². The molecule has 156 valence electrons. The molecule has 1 aromatic heterocycles. The van der Waals surface area contributed by atoms with Crippen molar-refractivity contribution in [2.45, 2.75) is 50.9 Å². The Morgan fingerprint density at radius 3 is 2.59 bits per heavy atom. The third kappa shape index (κ3) is 5.44. The maximum atomic E-state index is 13.1. The first-order chi connectivity index (χ1) is 14.2. The van der Waals surface area contributed by atoms with Gasteiger partial charge in [0, 0.05) is 19.5 Å². The molecule has 1 aromatic carbocycles. The number of oxazole rings is 1. The van der Waals surface area contributed by atoms with Crippen LogP contribution in [0.25, 0.3) is 0 Å². The second-order valence-corrected chi connectivity index (χ2v) is 8.34. The lowest BCUT2D eigenvalue weighted by Crippen LogP contribution is -2.44. The van der Waals surface area contributed by atoms with Crippen molar-refractivity contribution >= 4 is 5.91 Å². The summed E-state index contributed by atoms with van der Waals surface area (Å²) in [4.78, 5) is 21.6. The number of hydrogen-bond acceptors (Lipinski definition) is 4. The van der Waals surface area contributed by atoms with Gasteiger partial charge in [-0.3, -0.25) is 9.69 Å². The number of hydrogen-bond donors (Lipinski definition) is 0. The van der Waals surface area contributed by atoms with Crippen LogP contribution in [0.4, 0.5) is 4.39 Å². The minimum atomic E-state index is -0.237. The quantitative estimate of drug-likeness (QED) is 0.763. The normalized spacial score (nSPS) is 21.1.